The molecule has 0 bridgehead atoms. The average molecular weight is 479 g/mol. The van der Waals surface area contributed by atoms with Crippen LogP contribution < -0.4 is 5.32 Å². The van der Waals surface area contributed by atoms with Crippen LogP contribution in [0.3, 0.4) is 0 Å². The summed E-state index contributed by atoms with van der Waals surface area (Å²) in [5, 5.41) is 3.31. The van der Waals surface area contributed by atoms with Crippen molar-refractivity contribution in [3.63, 3.8) is 0 Å². The maximum absolute atomic E-state index is 14.5. The van der Waals surface area contributed by atoms with Crippen molar-refractivity contribution in [1.82, 2.24) is 10.3 Å². The number of fused-ring (bicyclic) bond motifs is 1. The second-order valence-corrected chi connectivity index (χ2v) is 11.1. The summed E-state index contributed by atoms with van der Waals surface area (Å²) in [6.45, 7) is 0.463. The summed E-state index contributed by atoms with van der Waals surface area (Å²) in [6.07, 6.45) is 3.03. The lowest BCUT2D eigenvalue weighted by Crippen LogP contribution is -2.35. The van der Waals surface area contributed by atoms with Crippen LogP contribution in [0.4, 0.5) is 13.2 Å². The van der Waals surface area contributed by atoms with Crippen LogP contribution in [0.15, 0.2) is 36.4 Å². The Morgan fingerprint density at radius 3 is 2.45 bits per heavy atom. The van der Waals surface area contributed by atoms with Gasteiger partial charge in [0.05, 0.1) is 17.0 Å². The van der Waals surface area contributed by atoms with Crippen LogP contribution in [0.1, 0.15) is 37.2 Å². The molecule has 1 aliphatic rings. The molecule has 0 radical (unpaired) electrons. The zero-order valence-electron chi connectivity index (χ0n) is 18.1. The number of nitrogens with one attached hydrogen (secondary N) is 2. The van der Waals surface area contributed by atoms with Crippen molar-refractivity contribution in [2.24, 2.45) is 5.92 Å². The number of carbonyl (C=O) groups is 1. The summed E-state index contributed by atoms with van der Waals surface area (Å²) < 4.78 is 64.2. The van der Waals surface area contributed by atoms with E-state index in [4.69, 9.17) is 0 Å². The summed E-state index contributed by atoms with van der Waals surface area (Å²) >= 11 is 0. The molecule has 4 rings (SSSR count). The number of hydrogen-bond acceptors (Lipinski definition) is 3. The monoisotopic (exact) mass is 478 g/mol. The summed E-state index contributed by atoms with van der Waals surface area (Å²) in [7, 11) is -3.09. The Hall–Kier alpha value is -2.81. The lowest BCUT2D eigenvalue weighted by Gasteiger charge is -2.36. The first-order chi connectivity index (χ1) is 15.6. The molecular formula is C24H25F3N2O3S. The van der Waals surface area contributed by atoms with Gasteiger partial charge in [0.1, 0.15) is 27.3 Å². The number of sulfone groups is 1. The Morgan fingerprint density at radius 2 is 1.79 bits per heavy atom. The molecule has 0 atom stereocenters. The Kier molecular flexibility index (Phi) is 6.52. The smallest absolute Gasteiger partial charge is 0.220 e. The number of carbonyl (C=O) groups excluding carboxylic acids is 1. The molecule has 0 unspecified atom stereocenters. The van der Waals surface area contributed by atoms with E-state index in [0.29, 0.717) is 23.2 Å². The van der Waals surface area contributed by atoms with E-state index in [2.05, 4.69) is 10.3 Å². The minimum absolute atomic E-state index is 0.0221. The first-order valence-corrected chi connectivity index (χ1v) is 12.9. The highest BCUT2D eigenvalue weighted by Gasteiger charge is 2.34. The molecule has 33 heavy (non-hydrogen) atoms. The molecule has 0 spiro atoms. The largest absolute Gasteiger partial charge is 0.356 e. The molecule has 3 aromatic rings. The molecule has 1 heterocycles. The number of halogens is 3. The van der Waals surface area contributed by atoms with Gasteiger partial charge in [-0.3, -0.25) is 4.79 Å². The van der Waals surface area contributed by atoms with Crippen molar-refractivity contribution in [1.29, 1.82) is 0 Å². The predicted molar refractivity (Wildman–Crippen MR) is 121 cm³/mol. The molecule has 2 aromatic carbocycles. The highest BCUT2D eigenvalue weighted by molar-refractivity contribution is 7.90. The first kappa shape index (κ1) is 23.4. The normalized spacial score (nSPS) is 18.3. The van der Waals surface area contributed by atoms with Gasteiger partial charge in [0.2, 0.25) is 5.91 Å². The second kappa shape index (κ2) is 9.21. The zero-order chi connectivity index (χ0) is 23.8. The highest BCUT2D eigenvalue weighted by atomic mass is 32.2. The van der Waals surface area contributed by atoms with Crippen LogP contribution in [-0.2, 0) is 14.6 Å². The Bertz CT molecular complexity index is 1280. The number of aromatic amines is 1. The molecule has 1 fully saturated rings. The molecule has 5 nitrogen and oxygen atoms in total. The quantitative estimate of drug-likeness (QED) is 0.493. The zero-order valence-corrected chi connectivity index (χ0v) is 18.9. The third-order valence-electron chi connectivity index (χ3n) is 6.15. The van der Waals surface area contributed by atoms with E-state index in [9.17, 15) is 26.4 Å². The van der Waals surface area contributed by atoms with Crippen LogP contribution >= 0.6 is 0 Å². The van der Waals surface area contributed by atoms with Gasteiger partial charge in [0.15, 0.2) is 0 Å². The number of benzene rings is 2. The molecule has 1 saturated carbocycles. The summed E-state index contributed by atoms with van der Waals surface area (Å²) in [5.74, 6) is -1.70. The minimum atomic E-state index is -3.09. The van der Waals surface area contributed by atoms with Crippen molar-refractivity contribution in [3.8, 4) is 11.3 Å². The number of rotatable bonds is 8. The topological polar surface area (TPSA) is 79.0 Å². The fraction of sp³-hybridized carbons (Fsp3) is 0.375. The van der Waals surface area contributed by atoms with Gasteiger partial charge < -0.3 is 10.3 Å². The molecule has 1 amide bonds. The van der Waals surface area contributed by atoms with Crippen molar-refractivity contribution >= 4 is 26.6 Å². The van der Waals surface area contributed by atoms with Crippen LogP contribution in [0.25, 0.3) is 22.2 Å². The first-order valence-electron chi connectivity index (χ1n) is 10.8. The Labute approximate surface area is 190 Å². The SMILES string of the molecule is CS(=O)(=O)CCCC(=O)NC[C@H]1C[C@@H](c2c(-c3ccc(F)cc3)[nH]c3c(F)cc(F)cc32)C1. The van der Waals surface area contributed by atoms with E-state index in [0.717, 1.165) is 30.7 Å². The fourth-order valence-corrected chi connectivity index (χ4v) is 5.16. The van der Waals surface area contributed by atoms with Gasteiger partial charge in [-0.2, -0.15) is 0 Å². The van der Waals surface area contributed by atoms with E-state index in [1.54, 1.807) is 12.1 Å². The fourth-order valence-electron chi connectivity index (χ4n) is 4.49. The van der Waals surface area contributed by atoms with Gasteiger partial charge in [0.25, 0.3) is 0 Å². The van der Waals surface area contributed by atoms with Gasteiger partial charge in [-0.15, -0.1) is 0 Å². The van der Waals surface area contributed by atoms with Gasteiger partial charge >= 0.3 is 0 Å². The van der Waals surface area contributed by atoms with Gasteiger partial charge in [-0.05, 0) is 72.6 Å². The summed E-state index contributed by atoms with van der Waals surface area (Å²) in [4.78, 5) is 15.0. The van der Waals surface area contributed by atoms with E-state index < -0.39 is 21.5 Å². The molecule has 0 aliphatic heterocycles. The molecule has 0 saturated heterocycles. The molecular weight excluding hydrogens is 453 g/mol. The van der Waals surface area contributed by atoms with Gasteiger partial charge in [-0.25, -0.2) is 21.6 Å². The highest BCUT2D eigenvalue weighted by Crippen LogP contribution is 2.48. The second-order valence-electron chi connectivity index (χ2n) is 8.80. The molecule has 1 aromatic heterocycles. The summed E-state index contributed by atoms with van der Waals surface area (Å²) in [5.41, 5.74) is 2.34. The van der Waals surface area contributed by atoms with Crippen LogP contribution in [0.2, 0.25) is 0 Å². The minimum Gasteiger partial charge on any atom is -0.356 e. The lowest BCUT2D eigenvalue weighted by molar-refractivity contribution is -0.121. The predicted octanol–water partition coefficient (Wildman–Crippen LogP) is 4.69. The molecule has 176 valence electrons. The van der Waals surface area contributed by atoms with E-state index >= 15 is 0 Å². The van der Waals surface area contributed by atoms with Gasteiger partial charge in [0, 0.05) is 30.7 Å². The van der Waals surface area contributed by atoms with Crippen molar-refractivity contribution in [2.75, 3.05) is 18.6 Å². The van der Waals surface area contributed by atoms with Crippen LogP contribution in [0.5, 0.6) is 0 Å². The number of H-pyrrole nitrogens is 1. The average Bonchev–Trinajstić information content (AvgIpc) is 3.06. The molecule has 1 aliphatic carbocycles. The van der Waals surface area contributed by atoms with E-state index in [-0.39, 0.29) is 47.7 Å². The number of aromatic nitrogens is 1. The third kappa shape index (κ3) is 5.40. The molecule has 9 heteroatoms. The lowest BCUT2D eigenvalue weighted by atomic mass is 9.70. The van der Waals surface area contributed by atoms with Crippen molar-refractivity contribution < 1.29 is 26.4 Å². The van der Waals surface area contributed by atoms with Crippen LogP contribution in [-0.4, -0.2) is 37.9 Å². The standard InChI is InChI=1S/C24H25F3N2O3S/c1-33(31,32)8-2-3-21(30)28-13-14-9-16(10-14)22-19-11-18(26)12-20(27)24(19)29-23(22)15-4-6-17(25)7-5-15/h4-7,11-12,14,16,29H,2-3,8-10,13H2,1H3,(H,28,30)/t14-,16+. The third-order valence-corrected chi connectivity index (χ3v) is 7.18. The number of hydrogen-bond donors (Lipinski definition) is 2. The number of amides is 1. The molecule has 2 N–H and O–H groups in total. The Balaban J connectivity index is 1.47. The van der Waals surface area contributed by atoms with Crippen molar-refractivity contribution in [2.45, 2.75) is 31.6 Å². The van der Waals surface area contributed by atoms with E-state index in [1.165, 1.54) is 18.2 Å². The van der Waals surface area contributed by atoms with E-state index in [1.807, 2.05) is 0 Å². The van der Waals surface area contributed by atoms with Gasteiger partial charge in [-0.1, -0.05) is 0 Å². The summed E-state index contributed by atoms with van der Waals surface area (Å²) in [6, 6.07) is 8.00. The maximum Gasteiger partial charge on any atom is 0.220 e. The van der Waals surface area contributed by atoms with Crippen LogP contribution in [0, 0.1) is 23.4 Å². The maximum atomic E-state index is 14.5. The Morgan fingerprint density at radius 1 is 1.09 bits per heavy atom. The van der Waals surface area contributed by atoms with Crippen molar-refractivity contribution in [3.05, 3.63) is 59.4 Å².